The Morgan fingerprint density at radius 1 is 1.38 bits per heavy atom. The Balaban J connectivity index is 1.59. The van der Waals surface area contributed by atoms with E-state index in [1.807, 2.05) is 18.2 Å². The predicted octanol–water partition coefficient (Wildman–Crippen LogP) is 3.96. The molecule has 0 bridgehead atoms. The molecule has 0 saturated carbocycles. The van der Waals surface area contributed by atoms with Gasteiger partial charge >= 0.3 is 0 Å². The quantitative estimate of drug-likeness (QED) is 0.499. The number of aliphatic imine (C=N–C) groups is 1. The molecule has 1 fully saturated rings. The first-order chi connectivity index (χ1) is 14.1. The second-order valence-electron chi connectivity index (χ2n) is 7.31. The molecule has 7 nitrogen and oxygen atoms in total. The minimum atomic E-state index is 0.278. The van der Waals surface area contributed by atoms with Crippen molar-refractivity contribution in [3.8, 4) is 0 Å². The third kappa shape index (κ3) is 5.63. The number of halogens is 1. The zero-order valence-corrected chi connectivity index (χ0v) is 18.2. The van der Waals surface area contributed by atoms with Gasteiger partial charge in [-0.15, -0.1) is 0 Å². The molecule has 1 unspecified atom stereocenters. The van der Waals surface area contributed by atoms with Crippen molar-refractivity contribution in [2.75, 3.05) is 24.5 Å². The number of hydrogen-bond acceptors (Lipinski definition) is 5. The van der Waals surface area contributed by atoms with Crippen LogP contribution in [-0.4, -0.2) is 41.8 Å². The number of hydrogen-bond donors (Lipinski definition) is 2. The lowest BCUT2D eigenvalue weighted by molar-refractivity contribution is 0.372. The molecule has 1 saturated heterocycles. The molecule has 29 heavy (non-hydrogen) atoms. The van der Waals surface area contributed by atoms with Gasteiger partial charge in [0.15, 0.2) is 11.7 Å². The number of pyridine rings is 1. The molecule has 158 valence electrons. The number of nitrogens with zero attached hydrogens (tertiary/aromatic N) is 4. The van der Waals surface area contributed by atoms with Crippen LogP contribution in [0.25, 0.3) is 0 Å². The Labute approximate surface area is 177 Å². The van der Waals surface area contributed by atoms with Crippen molar-refractivity contribution in [2.24, 2.45) is 4.99 Å². The fraction of sp³-hybridized carbons (Fsp3) is 0.571. The number of guanidine groups is 1. The summed E-state index contributed by atoms with van der Waals surface area (Å²) in [6, 6.07) is 6.04. The first-order valence-electron chi connectivity index (χ1n) is 10.5. The molecule has 8 heteroatoms. The molecule has 2 N–H and O–H groups in total. The second kappa shape index (κ2) is 10.5. The zero-order valence-electron chi connectivity index (χ0n) is 17.5. The summed E-state index contributed by atoms with van der Waals surface area (Å²) in [6.45, 7) is 9.42. The third-order valence-electron chi connectivity index (χ3n) is 5.29. The summed E-state index contributed by atoms with van der Waals surface area (Å²) in [4.78, 5) is 11.3. The van der Waals surface area contributed by atoms with Gasteiger partial charge in [0.1, 0.15) is 12.4 Å². The van der Waals surface area contributed by atoms with Crippen molar-refractivity contribution in [1.29, 1.82) is 0 Å². The van der Waals surface area contributed by atoms with E-state index in [1.54, 1.807) is 6.20 Å². The molecule has 1 aliphatic heterocycles. The van der Waals surface area contributed by atoms with Gasteiger partial charge in [0.25, 0.3) is 0 Å². The molecule has 0 amide bonds. The molecule has 2 aromatic rings. The van der Waals surface area contributed by atoms with E-state index in [9.17, 15) is 0 Å². The van der Waals surface area contributed by atoms with Gasteiger partial charge in [-0.25, -0.2) is 9.98 Å². The van der Waals surface area contributed by atoms with E-state index < -0.39 is 0 Å². The fourth-order valence-corrected chi connectivity index (χ4v) is 3.89. The van der Waals surface area contributed by atoms with Crippen molar-refractivity contribution in [3.63, 3.8) is 0 Å². The van der Waals surface area contributed by atoms with Gasteiger partial charge in [-0.05, 0) is 38.3 Å². The number of rotatable bonds is 8. The third-order valence-corrected chi connectivity index (χ3v) is 5.58. The van der Waals surface area contributed by atoms with E-state index in [1.165, 1.54) is 0 Å². The minimum absolute atomic E-state index is 0.278. The monoisotopic (exact) mass is 418 g/mol. The van der Waals surface area contributed by atoms with Crippen LogP contribution in [0.5, 0.6) is 0 Å². The van der Waals surface area contributed by atoms with E-state index in [0.717, 1.165) is 62.1 Å². The summed E-state index contributed by atoms with van der Waals surface area (Å²) in [5.41, 5.74) is 1.02. The highest BCUT2D eigenvalue weighted by atomic mass is 35.5. The summed E-state index contributed by atoms with van der Waals surface area (Å²) in [5, 5.41) is 11.8. The largest absolute Gasteiger partial charge is 0.359 e. The lowest BCUT2D eigenvalue weighted by Gasteiger charge is -2.20. The van der Waals surface area contributed by atoms with E-state index >= 15 is 0 Å². The summed E-state index contributed by atoms with van der Waals surface area (Å²) in [7, 11) is 0. The van der Waals surface area contributed by atoms with Crippen molar-refractivity contribution in [1.82, 2.24) is 20.8 Å². The molecule has 1 atom stereocenters. The SMILES string of the molecule is CCNC(=NCc1cc(C(CC)CC)no1)NC1CCN(c2ncccc2Cl)C1. The van der Waals surface area contributed by atoms with Crippen molar-refractivity contribution in [3.05, 3.63) is 40.9 Å². The first-order valence-corrected chi connectivity index (χ1v) is 10.9. The molecular weight excluding hydrogens is 388 g/mol. The van der Waals surface area contributed by atoms with Crippen LogP contribution >= 0.6 is 11.6 Å². The highest BCUT2D eigenvalue weighted by molar-refractivity contribution is 6.32. The minimum Gasteiger partial charge on any atom is -0.359 e. The van der Waals surface area contributed by atoms with Gasteiger partial charge in [0, 0.05) is 43.9 Å². The maximum Gasteiger partial charge on any atom is 0.191 e. The van der Waals surface area contributed by atoms with Crippen LogP contribution in [0.1, 0.15) is 57.4 Å². The molecule has 0 aliphatic carbocycles. The lowest BCUT2D eigenvalue weighted by Crippen LogP contribution is -2.44. The van der Waals surface area contributed by atoms with E-state index in [2.05, 4.69) is 51.4 Å². The zero-order chi connectivity index (χ0) is 20.6. The topological polar surface area (TPSA) is 78.6 Å². The molecule has 2 aromatic heterocycles. The van der Waals surface area contributed by atoms with Gasteiger partial charge in [0.05, 0.1) is 10.7 Å². The summed E-state index contributed by atoms with van der Waals surface area (Å²) < 4.78 is 5.49. The number of nitrogens with one attached hydrogen (secondary N) is 2. The van der Waals surface area contributed by atoms with E-state index in [4.69, 9.17) is 16.1 Å². The molecular formula is C21H31ClN6O. The summed E-state index contributed by atoms with van der Waals surface area (Å²) in [5.74, 6) is 2.87. The smallest absolute Gasteiger partial charge is 0.191 e. The predicted molar refractivity (Wildman–Crippen MR) is 118 cm³/mol. The average Bonchev–Trinajstić information content (AvgIpc) is 3.38. The lowest BCUT2D eigenvalue weighted by atomic mass is 9.99. The highest BCUT2D eigenvalue weighted by Crippen LogP contribution is 2.26. The molecule has 3 rings (SSSR count). The average molecular weight is 419 g/mol. The second-order valence-corrected chi connectivity index (χ2v) is 7.72. The maximum atomic E-state index is 6.29. The van der Waals surface area contributed by atoms with E-state index in [0.29, 0.717) is 17.5 Å². The van der Waals surface area contributed by atoms with Crippen LogP contribution in [-0.2, 0) is 6.54 Å². The van der Waals surface area contributed by atoms with Crippen LogP contribution < -0.4 is 15.5 Å². The van der Waals surface area contributed by atoms with Gasteiger partial charge in [-0.3, -0.25) is 0 Å². The Morgan fingerprint density at radius 2 is 2.21 bits per heavy atom. The summed E-state index contributed by atoms with van der Waals surface area (Å²) in [6.07, 6.45) is 4.90. The Hall–Kier alpha value is -2.28. The number of aromatic nitrogens is 2. The van der Waals surface area contributed by atoms with Crippen LogP contribution in [0.15, 0.2) is 33.9 Å². The Bertz CT molecular complexity index is 804. The fourth-order valence-electron chi connectivity index (χ4n) is 3.65. The standard InChI is InChI=1S/C21H31ClN6O/c1-4-15(5-2)19-12-17(29-27-19)13-25-21(23-6-3)26-16-9-11-28(14-16)20-18(22)8-7-10-24-20/h7-8,10,12,15-16H,4-6,9,11,13-14H2,1-3H3,(H2,23,25,26). The molecule has 3 heterocycles. The van der Waals surface area contributed by atoms with Crippen LogP contribution in [0, 0.1) is 0 Å². The molecule has 0 spiro atoms. The number of anilines is 1. The van der Waals surface area contributed by atoms with Crippen molar-refractivity contribution < 1.29 is 4.52 Å². The van der Waals surface area contributed by atoms with Crippen LogP contribution in [0.4, 0.5) is 5.82 Å². The Kier molecular flexibility index (Phi) is 7.75. The maximum absolute atomic E-state index is 6.29. The van der Waals surface area contributed by atoms with Crippen LogP contribution in [0.2, 0.25) is 5.02 Å². The van der Waals surface area contributed by atoms with Crippen molar-refractivity contribution in [2.45, 2.75) is 58.5 Å². The summed E-state index contributed by atoms with van der Waals surface area (Å²) >= 11 is 6.29. The van der Waals surface area contributed by atoms with Gasteiger partial charge in [-0.1, -0.05) is 30.6 Å². The van der Waals surface area contributed by atoms with Gasteiger partial charge in [0.2, 0.25) is 0 Å². The molecule has 1 aliphatic rings. The van der Waals surface area contributed by atoms with Crippen LogP contribution in [0.3, 0.4) is 0 Å². The van der Waals surface area contributed by atoms with Gasteiger partial charge in [-0.2, -0.15) is 0 Å². The normalized spacial score (nSPS) is 17.2. The van der Waals surface area contributed by atoms with Crippen molar-refractivity contribution >= 4 is 23.4 Å². The van der Waals surface area contributed by atoms with Gasteiger partial charge < -0.3 is 20.1 Å². The molecule has 0 radical (unpaired) electrons. The Morgan fingerprint density at radius 3 is 2.93 bits per heavy atom. The first kappa shape index (κ1) is 21.4. The highest BCUT2D eigenvalue weighted by Gasteiger charge is 2.25. The molecule has 0 aromatic carbocycles. The van der Waals surface area contributed by atoms with E-state index in [-0.39, 0.29) is 6.04 Å².